The number of amides is 1. The van der Waals surface area contributed by atoms with E-state index >= 15 is 0 Å². The first-order chi connectivity index (χ1) is 14.9. The predicted octanol–water partition coefficient (Wildman–Crippen LogP) is 2.47. The molecular weight excluding hydrogens is 422 g/mol. The van der Waals surface area contributed by atoms with Gasteiger partial charge >= 0.3 is 5.97 Å². The Morgan fingerprint density at radius 1 is 1.06 bits per heavy atom. The number of benzene rings is 2. The molecule has 1 amide bonds. The van der Waals surface area contributed by atoms with Crippen LogP contribution in [0.3, 0.4) is 0 Å². The van der Waals surface area contributed by atoms with E-state index in [1.807, 2.05) is 30.3 Å². The summed E-state index contributed by atoms with van der Waals surface area (Å²) >= 11 is 0. The largest absolute Gasteiger partial charge is 0.489 e. The van der Waals surface area contributed by atoms with Gasteiger partial charge in [-0.25, -0.2) is 13.2 Å². The van der Waals surface area contributed by atoms with Crippen LogP contribution < -0.4 is 10.1 Å². The van der Waals surface area contributed by atoms with E-state index in [4.69, 9.17) is 13.9 Å². The van der Waals surface area contributed by atoms with Crippen molar-refractivity contribution in [3.8, 4) is 5.75 Å². The molecular formula is C22H21NO7S. The summed E-state index contributed by atoms with van der Waals surface area (Å²) in [4.78, 5) is 24.7. The summed E-state index contributed by atoms with van der Waals surface area (Å²) < 4.78 is 39.6. The zero-order valence-electron chi connectivity index (χ0n) is 16.6. The SMILES string of the molecule is O=C(COC(=O)c1oc2ccccc2c1COc1ccccc1)NC1CCS(=O)(=O)C1. The number of carbonyl (C=O) groups excluding carboxylic acids is 2. The molecule has 1 N–H and O–H groups in total. The molecule has 4 rings (SSSR count). The van der Waals surface area contributed by atoms with Crippen molar-refractivity contribution in [1.29, 1.82) is 0 Å². The van der Waals surface area contributed by atoms with Gasteiger partial charge in [0.1, 0.15) is 17.9 Å². The Labute approximate surface area is 179 Å². The van der Waals surface area contributed by atoms with Gasteiger partial charge in [0.2, 0.25) is 5.76 Å². The zero-order valence-corrected chi connectivity index (χ0v) is 17.4. The number of rotatable bonds is 7. The lowest BCUT2D eigenvalue weighted by atomic mass is 10.1. The van der Waals surface area contributed by atoms with E-state index < -0.39 is 34.4 Å². The lowest BCUT2D eigenvalue weighted by Gasteiger charge is -2.11. The highest BCUT2D eigenvalue weighted by molar-refractivity contribution is 7.91. The lowest BCUT2D eigenvalue weighted by Crippen LogP contribution is -2.38. The average Bonchev–Trinajstić information content (AvgIpc) is 3.30. The molecule has 1 aliphatic heterocycles. The minimum atomic E-state index is -3.12. The fourth-order valence-electron chi connectivity index (χ4n) is 3.45. The van der Waals surface area contributed by atoms with Crippen LogP contribution in [0.15, 0.2) is 59.0 Å². The second kappa shape index (κ2) is 8.81. The van der Waals surface area contributed by atoms with Crippen molar-refractivity contribution in [2.75, 3.05) is 18.1 Å². The van der Waals surface area contributed by atoms with Gasteiger partial charge < -0.3 is 19.2 Å². The molecule has 8 nitrogen and oxygen atoms in total. The lowest BCUT2D eigenvalue weighted by molar-refractivity contribution is -0.124. The molecule has 0 aliphatic carbocycles. The number of ether oxygens (including phenoxy) is 2. The van der Waals surface area contributed by atoms with Crippen LogP contribution >= 0.6 is 0 Å². The summed E-state index contributed by atoms with van der Waals surface area (Å²) in [5.41, 5.74) is 1.02. The zero-order chi connectivity index (χ0) is 21.8. The number of sulfone groups is 1. The Morgan fingerprint density at radius 3 is 2.55 bits per heavy atom. The third-order valence-electron chi connectivity index (χ3n) is 4.94. The number of furan rings is 1. The Morgan fingerprint density at radius 2 is 1.81 bits per heavy atom. The fourth-order valence-corrected chi connectivity index (χ4v) is 5.13. The summed E-state index contributed by atoms with van der Waals surface area (Å²) in [6.45, 7) is -0.455. The second-order valence-corrected chi connectivity index (χ2v) is 9.48. The molecule has 3 aromatic rings. The van der Waals surface area contributed by atoms with Crippen LogP contribution in [0, 0.1) is 0 Å². The maximum Gasteiger partial charge on any atom is 0.375 e. The van der Waals surface area contributed by atoms with Crippen molar-refractivity contribution in [3.05, 3.63) is 65.9 Å². The van der Waals surface area contributed by atoms with E-state index in [1.54, 1.807) is 24.3 Å². The number of esters is 1. The quantitative estimate of drug-likeness (QED) is 0.558. The van der Waals surface area contributed by atoms with Crippen molar-refractivity contribution in [1.82, 2.24) is 5.32 Å². The van der Waals surface area contributed by atoms with Gasteiger partial charge in [0.05, 0.1) is 17.1 Å². The number of fused-ring (bicyclic) bond motifs is 1. The molecule has 1 aromatic heterocycles. The Kier molecular flexibility index (Phi) is 5.94. The van der Waals surface area contributed by atoms with Gasteiger partial charge in [-0.2, -0.15) is 0 Å². The van der Waals surface area contributed by atoms with Crippen molar-refractivity contribution in [3.63, 3.8) is 0 Å². The van der Waals surface area contributed by atoms with Crippen LogP contribution in [0.5, 0.6) is 5.75 Å². The molecule has 1 aliphatic rings. The van der Waals surface area contributed by atoms with Gasteiger partial charge in [-0.15, -0.1) is 0 Å². The summed E-state index contributed by atoms with van der Waals surface area (Å²) in [5, 5.41) is 3.29. The second-order valence-electron chi connectivity index (χ2n) is 7.25. The molecule has 31 heavy (non-hydrogen) atoms. The molecule has 0 spiro atoms. The van der Waals surface area contributed by atoms with E-state index in [-0.39, 0.29) is 23.9 Å². The van der Waals surface area contributed by atoms with Gasteiger partial charge in [-0.05, 0) is 24.6 Å². The van der Waals surface area contributed by atoms with Crippen LogP contribution in [0.1, 0.15) is 22.5 Å². The van der Waals surface area contributed by atoms with Crippen LogP contribution in [-0.2, 0) is 26.0 Å². The normalized spacial score (nSPS) is 17.4. The Bertz CT molecular complexity index is 1200. The van der Waals surface area contributed by atoms with Crippen molar-refractivity contribution >= 4 is 32.7 Å². The first-order valence-corrected chi connectivity index (χ1v) is 11.6. The molecule has 1 atom stereocenters. The van der Waals surface area contributed by atoms with Gasteiger partial charge in [-0.1, -0.05) is 36.4 Å². The molecule has 162 valence electrons. The van der Waals surface area contributed by atoms with Crippen LogP contribution in [0.25, 0.3) is 11.0 Å². The highest BCUT2D eigenvalue weighted by Crippen LogP contribution is 2.28. The standard InChI is InChI=1S/C22H21NO7S/c24-20(23-15-10-11-31(26,27)14-15)13-29-22(25)21-18(12-28-16-6-2-1-3-7-16)17-8-4-5-9-19(17)30-21/h1-9,15H,10-14H2,(H,23,24). The minimum Gasteiger partial charge on any atom is -0.489 e. The monoisotopic (exact) mass is 443 g/mol. The summed E-state index contributed by atoms with van der Waals surface area (Å²) in [6.07, 6.45) is 0.354. The van der Waals surface area contributed by atoms with E-state index in [9.17, 15) is 18.0 Å². The number of para-hydroxylation sites is 2. The number of carbonyl (C=O) groups is 2. The van der Waals surface area contributed by atoms with Crippen molar-refractivity contribution in [2.45, 2.75) is 19.1 Å². The van der Waals surface area contributed by atoms with E-state index in [2.05, 4.69) is 5.32 Å². The third kappa shape index (κ3) is 5.05. The molecule has 2 aromatic carbocycles. The summed E-state index contributed by atoms with van der Waals surface area (Å²) in [5.74, 6) is -0.810. The Hall–Kier alpha value is -3.33. The topological polar surface area (TPSA) is 112 Å². The molecule has 1 unspecified atom stereocenters. The van der Waals surface area contributed by atoms with Gasteiger partial charge in [-0.3, -0.25) is 4.79 Å². The summed E-state index contributed by atoms with van der Waals surface area (Å²) in [6, 6.07) is 15.8. The van der Waals surface area contributed by atoms with E-state index in [0.717, 1.165) is 0 Å². The molecule has 0 bridgehead atoms. The molecule has 0 saturated carbocycles. The molecule has 9 heteroatoms. The van der Waals surface area contributed by atoms with Crippen LogP contribution in [0.4, 0.5) is 0 Å². The van der Waals surface area contributed by atoms with Gasteiger partial charge in [0.25, 0.3) is 5.91 Å². The predicted molar refractivity (Wildman–Crippen MR) is 112 cm³/mol. The van der Waals surface area contributed by atoms with Crippen LogP contribution in [0.2, 0.25) is 0 Å². The number of hydrogen-bond acceptors (Lipinski definition) is 7. The molecule has 1 fully saturated rings. The smallest absolute Gasteiger partial charge is 0.375 e. The highest BCUT2D eigenvalue weighted by atomic mass is 32.2. The van der Waals surface area contributed by atoms with E-state index in [1.165, 1.54) is 0 Å². The first-order valence-electron chi connectivity index (χ1n) is 9.76. The maximum absolute atomic E-state index is 12.6. The molecule has 0 radical (unpaired) electrons. The van der Waals surface area contributed by atoms with Gasteiger partial charge in [0.15, 0.2) is 16.4 Å². The summed E-state index contributed by atoms with van der Waals surface area (Å²) in [7, 11) is -3.12. The molecule has 2 heterocycles. The minimum absolute atomic E-state index is 0.0339. The third-order valence-corrected chi connectivity index (χ3v) is 6.71. The highest BCUT2D eigenvalue weighted by Gasteiger charge is 2.29. The number of nitrogens with one attached hydrogen (secondary N) is 1. The maximum atomic E-state index is 12.6. The first kappa shape index (κ1) is 20.9. The average molecular weight is 443 g/mol. The van der Waals surface area contributed by atoms with Crippen molar-refractivity contribution < 1.29 is 31.9 Å². The number of hydrogen-bond donors (Lipinski definition) is 1. The fraction of sp³-hybridized carbons (Fsp3) is 0.273. The van der Waals surface area contributed by atoms with Gasteiger partial charge in [0, 0.05) is 11.4 Å². The van der Waals surface area contributed by atoms with Crippen LogP contribution in [-0.4, -0.2) is 44.4 Å². The molecule has 1 saturated heterocycles. The Balaban J connectivity index is 1.44. The van der Waals surface area contributed by atoms with E-state index in [0.29, 0.717) is 28.7 Å². The van der Waals surface area contributed by atoms with Crippen molar-refractivity contribution in [2.24, 2.45) is 0 Å².